The number of carbonyl (C=O) groups excluding carboxylic acids is 2. The Hall–Kier alpha value is -3.74. The highest BCUT2D eigenvalue weighted by Gasteiger charge is 2.29. The number of likely N-dealkylation sites (tertiary alicyclic amines) is 1. The molecule has 1 aliphatic rings. The Balaban J connectivity index is 1.44. The Kier molecular flexibility index (Phi) is 5.93. The number of hydrogen-bond donors (Lipinski definition) is 2. The first kappa shape index (κ1) is 20.5. The molecule has 2 N–H and O–H groups in total. The minimum absolute atomic E-state index is 0.0235. The summed E-state index contributed by atoms with van der Waals surface area (Å²) in [7, 11) is 0. The molecule has 0 spiro atoms. The minimum atomic E-state index is -0.430. The number of ketones is 1. The molecule has 1 amide bonds. The van der Waals surface area contributed by atoms with Gasteiger partial charge in [-0.25, -0.2) is 9.37 Å². The zero-order chi connectivity index (χ0) is 21.8. The molecule has 0 saturated carbocycles. The van der Waals surface area contributed by atoms with Crippen molar-refractivity contribution in [1.82, 2.24) is 9.88 Å². The third-order valence-corrected chi connectivity index (χ3v) is 5.47. The number of aromatic nitrogens is 1. The predicted molar refractivity (Wildman–Crippen MR) is 115 cm³/mol. The lowest BCUT2D eigenvalue weighted by Gasteiger charge is -2.31. The van der Waals surface area contributed by atoms with Crippen LogP contribution in [0.3, 0.4) is 0 Å². The lowest BCUT2D eigenvalue weighted by atomic mass is 9.88. The predicted octanol–water partition coefficient (Wildman–Crippen LogP) is 4.41. The zero-order valence-corrected chi connectivity index (χ0v) is 16.8. The van der Waals surface area contributed by atoms with Crippen LogP contribution in [0.1, 0.15) is 33.6 Å². The van der Waals surface area contributed by atoms with Crippen LogP contribution in [-0.2, 0) is 0 Å². The van der Waals surface area contributed by atoms with Crippen molar-refractivity contribution in [2.24, 2.45) is 5.92 Å². The average molecular weight is 419 g/mol. The highest BCUT2D eigenvalue weighted by molar-refractivity contribution is 6.00. The van der Waals surface area contributed by atoms with E-state index in [1.54, 1.807) is 53.6 Å². The fourth-order valence-electron chi connectivity index (χ4n) is 3.74. The number of Topliss-reactive ketones (excluding diaryl/α,β-unsaturated/α-hetero) is 1. The van der Waals surface area contributed by atoms with Crippen LogP contribution in [0.25, 0.3) is 0 Å². The molecule has 0 aliphatic carbocycles. The third kappa shape index (κ3) is 4.55. The van der Waals surface area contributed by atoms with Crippen molar-refractivity contribution in [3.63, 3.8) is 0 Å². The highest BCUT2D eigenvalue weighted by Crippen LogP contribution is 2.26. The molecule has 6 nitrogen and oxygen atoms in total. The van der Waals surface area contributed by atoms with Crippen LogP contribution < -0.4 is 5.32 Å². The molecule has 1 aromatic heterocycles. The Bertz CT molecular complexity index is 1090. The maximum atomic E-state index is 14.0. The molecular weight excluding hydrogens is 397 g/mol. The van der Waals surface area contributed by atoms with Crippen molar-refractivity contribution in [2.75, 3.05) is 18.4 Å². The molecule has 1 fully saturated rings. The van der Waals surface area contributed by atoms with Gasteiger partial charge in [0.1, 0.15) is 17.4 Å². The Morgan fingerprint density at radius 2 is 1.71 bits per heavy atom. The van der Waals surface area contributed by atoms with Crippen molar-refractivity contribution in [3.8, 4) is 5.75 Å². The quantitative estimate of drug-likeness (QED) is 0.599. The lowest BCUT2D eigenvalue weighted by molar-refractivity contribution is 0.0651. The maximum Gasteiger partial charge on any atom is 0.257 e. The van der Waals surface area contributed by atoms with Crippen molar-refractivity contribution < 1.29 is 19.1 Å². The van der Waals surface area contributed by atoms with Crippen LogP contribution in [0.2, 0.25) is 0 Å². The topological polar surface area (TPSA) is 82.5 Å². The number of pyridine rings is 1. The first-order valence-corrected chi connectivity index (χ1v) is 10.1. The number of carbonyl (C=O) groups is 2. The van der Waals surface area contributed by atoms with Crippen LogP contribution in [0, 0.1) is 11.7 Å². The van der Waals surface area contributed by atoms with Gasteiger partial charge in [-0.05, 0) is 61.4 Å². The van der Waals surface area contributed by atoms with Gasteiger partial charge in [-0.15, -0.1) is 0 Å². The molecule has 1 saturated heterocycles. The number of para-hydroxylation sites is 1. The van der Waals surface area contributed by atoms with Gasteiger partial charge in [-0.2, -0.15) is 0 Å². The molecule has 0 bridgehead atoms. The van der Waals surface area contributed by atoms with Gasteiger partial charge in [0.15, 0.2) is 5.78 Å². The van der Waals surface area contributed by atoms with Crippen LogP contribution in [-0.4, -0.2) is 39.8 Å². The summed E-state index contributed by atoms with van der Waals surface area (Å²) >= 11 is 0. The van der Waals surface area contributed by atoms with E-state index in [0.29, 0.717) is 42.9 Å². The molecule has 158 valence electrons. The summed E-state index contributed by atoms with van der Waals surface area (Å²) in [4.78, 5) is 31.7. The number of amides is 1. The summed E-state index contributed by atoms with van der Waals surface area (Å²) in [6.07, 6.45) is 2.66. The standard InChI is InChI=1S/C24H22FN3O3/c25-20-5-1-2-6-21(20)27-23-19(4-3-13-26-23)24(31)28-14-11-17(12-15-28)22(30)16-7-9-18(29)10-8-16/h1-10,13,17,29H,11-12,14-15H2,(H,26,27). The Labute approximate surface area is 179 Å². The second-order valence-electron chi connectivity index (χ2n) is 7.48. The van der Waals surface area contributed by atoms with Crippen molar-refractivity contribution in [2.45, 2.75) is 12.8 Å². The molecule has 31 heavy (non-hydrogen) atoms. The van der Waals surface area contributed by atoms with Gasteiger partial charge in [-0.1, -0.05) is 12.1 Å². The second kappa shape index (κ2) is 8.95. The molecular formula is C24H22FN3O3. The van der Waals surface area contributed by atoms with Gasteiger partial charge < -0.3 is 15.3 Å². The van der Waals surface area contributed by atoms with E-state index in [2.05, 4.69) is 10.3 Å². The summed E-state index contributed by atoms with van der Waals surface area (Å²) in [5.41, 5.74) is 1.16. The van der Waals surface area contributed by atoms with Gasteiger partial charge in [0.25, 0.3) is 5.91 Å². The first-order chi connectivity index (χ1) is 15.0. The Morgan fingerprint density at radius 1 is 1.00 bits per heavy atom. The molecule has 0 radical (unpaired) electrons. The van der Waals surface area contributed by atoms with Gasteiger partial charge >= 0.3 is 0 Å². The van der Waals surface area contributed by atoms with Crippen LogP contribution >= 0.6 is 0 Å². The van der Waals surface area contributed by atoms with Crippen molar-refractivity contribution in [3.05, 3.63) is 83.8 Å². The Morgan fingerprint density at radius 3 is 2.42 bits per heavy atom. The number of hydrogen-bond acceptors (Lipinski definition) is 5. The fourth-order valence-corrected chi connectivity index (χ4v) is 3.74. The number of benzene rings is 2. The molecule has 3 aromatic rings. The van der Waals surface area contributed by atoms with E-state index >= 15 is 0 Å². The van der Waals surface area contributed by atoms with Gasteiger partial charge in [-0.3, -0.25) is 9.59 Å². The second-order valence-corrected chi connectivity index (χ2v) is 7.48. The van der Waals surface area contributed by atoms with E-state index in [9.17, 15) is 19.1 Å². The number of phenolic OH excluding ortho intramolecular Hbond substituents is 1. The number of aromatic hydroxyl groups is 1. The van der Waals surface area contributed by atoms with Crippen molar-refractivity contribution >= 4 is 23.2 Å². The largest absolute Gasteiger partial charge is 0.508 e. The number of nitrogens with zero attached hydrogens (tertiary/aromatic N) is 2. The summed E-state index contributed by atoms with van der Waals surface area (Å²) in [6, 6.07) is 15.8. The summed E-state index contributed by atoms with van der Waals surface area (Å²) in [6.45, 7) is 0.892. The molecule has 0 atom stereocenters. The number of piperidine rings is 1. The van der Waals surface area contributed by atoms with Crippen molar-refractivity contribution in [1.29, 1.82) is 0 Å². The molecule has 0 unspecified atom stereocenters. The number of nitrogens with one attached hydrogen (secondary N) is 1. The highest BCUT2D eigenvalue weighted by atomic mass is 19.1. The van der Waals surface area contributed by atoms with E-state index in [-0.39, 0.29) is 29.0 Å². The minimum Gasteiger partial charge on any atom is -0.508 e. The average Bonchev–Trinajstić information content (AvgIpc) is 2.81. The monoisotopic (exact) mass is 419 g/mol. The molecule has 4 rings (SSSR count). The number of phenols is 1. The maximum absolute atomic E-state index is 14.0. The normalized spacial score (nSPS) is 14.3. The van der Waals surface area contributed by atoms with E-state index in [1.165, 1.54) is 18.2 Å². The van der Waals surface area contributed by atoms with Gasteiger partial charge in [0.2, 0.25) is 0 Å². The lowest BCUT2D eigenvalue weighted by Crippen LogP contribution is -2.40. The van der Waals surface area contributed by atoms with E-state index in [0.717, 1.165) is 0 Å². The van der Waals surface area contributed by atoms with E-state index < -0.39 is 5.82 Å². The summed E-state index contributed by atoms with van der Waals surface area (Å²) in [5.74, 6) is -0.371. The van der Waals surface area contributed by atoms with E-state index in [4.69, 9.17) is 0 Å². The number of anilines is 2. The van der Waals surface area contributed by atoms with Gasteiger partial charge in [0, 0.05) is 30.8 Å². The number of rotatable bonds is 5. The molecule has 2 heterocycles. The summed E-state index contributed by atoms with van der Waals surface area (Å²) in [5, 5.41) is 12.3. The molecule has 2 aromatic carbocycles. The number of halogens is 1. The van der Waals surface area contributed by atoms with Crippen LogP contribution in [0.15, 0.2) is 66.9 Å². The third-order valence-electron chi connectivity index (χ3n) is 5.47. The van der Waals surface area contributed by atoms with Crippen LogP contribution in [0.4, 0.5) is 15.9 Å². The smallest absolute Gasteiger partial charge is 0.257 e. The first-order valence-electron chi connectivity index (χ1n) is 10.1. The van der Waals surface area contributed by atoms with Crippen LogP contribution in [0.5, 0.6) is 5.75 Å². The molecule has 1 aliphatic heterocycles. The SMILES string of the molecule is O=C(c1ccc(O)cc1)C1CCN(C(=O)c2cccnc2Nc2ccccc2F)CC1. The summed E-state index contributed by atoms with van der Waals surface area (Å²) < 4.78 is 14.0. The molecule has 7 heteroatoms. The fraction of sp³-hybridized carbons (Fsp3) is 0.208. The van der Waals surface area contributed by atoms with Gasteiger partial charge in [0.05, 0.1) is 11.3 Å². The van der Waals surface area contributed by atoms with E-state index in [1.807, 2.05) is 0 Å². The zero-order valence-electron chi connectivity index (χ0n) is 16.8.